The Labute approximate surface area is 147 Å². The number of nitrogens with zero attached hydrogens (tertiary/aromatic N) is 8. The summed E-state index contributed by atoms with van der Waals surface area (Å²) in [6.07, 6.45) is 5.13. The van der Waals surface area contributed by atoms with Crippen LogP contribution >= 0.6 is 0 Å². The average molecular weight is 338 g/mol. The minimum absolute atomic E-state index is 0.190. The molecule has 3 heterocycles. The third kappa shape index (κ3) is 3.20. The van der Waals surface area contributed by atoms with Gasteiger partial charge >= 0.3 is 0 Å². The van der Waals surface area contributed by atoms with Crippen LogP contribution in [-0.4, -0.2) is 56.3 Å². The summed E-state index contributed by atoms with van der Waals surface area (Å²) in [6.45, 7) is 5.83. The number of tetrazole rings is 1. The molecule has 1 saturated carbocycles. The average Bonchev–Trinajstić information content (AvgIpc) is 3.43. The van der Waals surface area contributed by atoms with Crippen LogP contribution in [0.5, 0.6) is 0 Å². The lowest BCUT2D eigenvalue weighted by atomic mass is 10.2. The van der Waals surface area contributed by atoms with Crippen molar-refractivity contribution >= 4 is 5.82 Å². The van der Waals surface area contributed by atoms with Gasteiger partial charge in [0.05, 0.1) is 17.6 Å². The van der Waals surface area contributed by atoms with Gasteiger partial charge in [-0.25, -0.2) is 9.67 Å². The van der Waals surface area contributed by atoms with E-state index in [2.05, 4.69) is 43.3 Å². The maximum Gasteiger partial charge on any atom is 0.168 e. The Morgan fingerprint density at radius 2 is 2.12 bits per heavy atom. The second-order valence-corrected chi connectivity index (χ2v) is 6.75. The van der Waals surface area contributed by atoms with Crippen molar-refractivity contribution in [3.8, 4) is 6.07 Å². The monoisotopic (exact) mass is 338 g/mol. The van der Waals surface area contributed by atoms with E-state index in [0.29, 0.717) is 11.6 Å². The Morgan fingerprint density at radius 1 is 1.24 bits per heavy atom. The number of hydrogen-bond acceptors (Lipinski definition) is 7. The van der Waals surface area contributed by atoms with Gasteiger partial charge in [0.1, 0.15) is 11.9 Å². The molecule has 2 aromatic heterocycles. The molecule has 0 spiro atoms. The van der Waals surface area contributed by atoms with E-state index < -0.39 is 0 Å². The summed E-state index contributed by atoms with van der Waals surface area (Å²) >= 11 is 0. The van der Waals surface area contributed by atoms with Gasteiger partial charge in [0.25, 0.3) is 0 Å². The van der Waals surface area contributed by atoms with Gasteiger partial charge < -0.3 is 4.90 Å². The zero-order chi connectivity index (χ0) is 17.2. The SMILES string of the molecule is CC(c1nnnn1C1CC1)N1CCCN(c2ncccc2C#N)CC1. The topological polar surface area (TPSA) is 86.8 Å². The first-order valence-corrected chi connectivity index (χ1v) is 8.90. The number of nitriles is 1. The third-order valence-corrected chi connectivity index (χ3v) is 5.07. The fourth-order valence-corrected chi connectivity index (χ4v) is 3.49. The largest absolute Gasteiger partial charge is 0.354 e. The predicted molar refractivity (Wildman–Crippen MR) is 91.9 cm³/mol. The van der Waals surface area contributed by atoms with E-state index in [1.807, 2.05) is 16.8 Å². The molecular weight excluding hydrogens is 316 g/mol. The molecule has 0 N–H and O–H groups in total. The molecule has 1 atom stereocenters. The molecule has 2 aromatic rings. The second-order valence-electron chi connectivity index (χ2n) is 6.75. The van der Waals surface area contributed by atoms with Crippen molar-refractivity contribution in [1.29, 1.82) is 5.26 Å². The van der Waals surface area contributed by atoms with Crippen LogP contribution in [0, 0.1) is 11.3 Å². The number of hydrogen-bond donors (Lipinski definition) is 0. The van der Waals surface area contributed by atoms with Gasteiger partial charge in [-0.2, -0.15) is 5.26 Å². The third-order valence-electron chi connectivity index (χ3n) is 5.07. The van der Waals surface area contributed by atoms with E-state index in [9.17, 15) is 5.26 Å². The van der Waals surface area contributed by atoms with E-state index in [1.54, 1.807) is 6.20 Å². The van der Waals surface area contributed by atoms with Gasteiger partial charge in [-0.15, -0.1) is 5.10 Å². The normalized spacial score (nSPS) is 20.1. The van der Waals surface area contributed by atoms with Crippen LogP contribution < -0.4 is 4.90 Å². The van der Waals surface area contributed by atoms with Crippen LogP contribution in [0.25, 0.3) is 0 Å². The predicted octanol–water partition coefficient (Wildman–Crippen LogP) is 1.55. The minimum Gasteiger partial charge on any atom is -0.354 e. The molecule has 4 rings (SSSR count). The van der Waals surface area contributed by atoms with Crippen LogP contribution in [0.15, 0.2) is 18.3 Å². The van der Waals surface area contributed by atoms with Crippen molar-refractivity contribution in [2.45, 2.75) is 38.3 Å². The Hall–Kier alpha value is -2.53. The summed E-state index contributed by atoms with van der Waals surface area (Å²) in [5, 5.41) is 21.7. The number of anilines is 1. The summed E-state index contributed by atoms with van der Waals surface area (Å²) in [7, 11) is 0. The molecule has 0 radical (unpaired) electrons. The highest BCUT2D eigenvalue weighted by Gasteiger charge is 2.32. The smallest absolute Gasteiger partial charge is 0.168 e. The summed E-state index contributed by atoms with van der Waals surface area (Å²) < 4.78 is 2.00. The van der Waals surface area contributed by atoms with E-state index in [1.165, 1.54) is 12.8 Å². The molecular formula is C17H22N8. The quantitative estimate of drug-likeness (QED) is 0.836. The molecule has 0 bridgehead atoms. The molecule has 8 nitrogen and oxygen atoms in total. The standard InChI is InChI=1S/C17H22N8/c1-13(16-20-21-22-25(16)15-5-6-15)23-8-3-9-24(11-10-23)17-14(12-18)4-2-7-19-17/h2,4,7,13,15H,3,5-6,8-11H2,1H3. The zero-order valence-electron chi connectivity index (χ0n) is 14.4. The molecule has 2 fully saturated rings. The van der Waals surface area contributed by atoms with E-state index in [4.69, 9.17) is 0 Å². The summed E-state index contributed by atoms with van der Waals surface area (Å²) in [5.74, 6) is 1.76. The summed E-state index contributed by atoms with van der Waals surface area (Å²) in [6, 6.07) is 6.57. The fourth-order valence-electron chi connectivity index (χ4n) is 3.49. The van der Waals surface area contributed by atoms with Crippen molar-refractivity contribution in [3.63, 3.8) is 0 Å². The highest BCUT2D eigenvalue weighted by atomic mass is 15.6. The van der Waals surface area contributed by atoms with Gasteiger partial charge in [0.15, 0.2) is 5.82 Å². The molecule has 1 unspecified atom stereocenters. The van der Waals surface area contributed by atoms with Crippen molar-refractivity contribution in [1.82, 2.24) is 30.1 Å². The van der Waals surface area contributed by atoms with E-state index in [0.717, 1.165) is 44.2 Å². The summed E-state index contributed by atoms with van der Waals surface area (Å²) in [5.41, 5.74) is 0.640. The van der Waals surface area contributed by atoms with Gasteiger partial charge in [-0.3, -0.25) is 4.90 Å². The van der Waals surface area contributed by atoms with Crippen LogP contribution in [-0.2, 0) is 0 Å². The van der Waals surface area contributed by atoms with Crippen LogP contribution in [0.2, 0.25) is 0 Å². The molecule has 1 aliphatic carbocycles. The van der Waals surface area contributed by atoms with Crippen LogP contribution in [0.1, 0.15) is 49.7 Å². The van der Waals surface area contributed by atoms with Gasteiger partial charge in [-0.05, 0) is 48.7 Å². The van der Waals surface area contributed by atoms with E-state index in [-0.39, 0.29) is 6.04 Å². The molecule has 2 aliphatic rings. The van der Waals surface area contributed by atoms with Gasteiger partial charge in [0.2, 0.25) is 0 Å². The Bertz CT molecular complexity index is 775. The number of aromatic nitrogens is 5. The maximum atomic E-state index is 9.32. The lowest BCUT2D eigenvalue weighted by Gasteiger charge is -2.27. The summed E-state index contributed by atoms with van der Waals surface area (Å²) in [4.78, 5) is 9.08. The number of rotatable bonds is 4. The number of pyridine rings is 1. The van der Waals surface area contributed by atoms with Crippen molar-refractivity contribution in [2.75, 3.05) is 31.1 Å². The molecule has 0 aromatic carbocycles. The maximum absolute atomic E-state index is 9.32. The lowest BCUT2D eigenvalue weighted by molar-refractivity contribution is 0.211. The van der Waals surface area contributed by atoms with Crippen molar-refractivity contribution in [2.24, 2.45) is 0 Å². The highest BCUT2D eigenvalue weighted by molar-refractivity contribution is 5.53. The Kier molecular flexibility index (Phi) is 4.32. The van der Waals surface area contributed by atoms with Gasteiger partial charge in [-0.1, -0.05) is 0 Å². The molecule has 130 valence electrons. The first kappa shape index (κ1) is 16.0. The lowest BCUT2D eigenvalue weighted by Crippen LogP contribution is -2.34. The first-order valence-electron chi connectivity index (χ1n) is 8.90. The molecule has 1 aliphatic heterocycles. The van der Waals surface area contributed by atoms with Crippen molar-refractivity contribution in [3.05, 3.63) is 29.7 Å². The van der Waals surface area contributed by atoms with Crippen LogP contribution in [0.3, 0.4) is 0 Å². The molecule has 1 saturated heterocycles. The molecule has 8 heteroatoms. The molecule has 25 heavy (non-hydrogen) atoms. The second kappa shape index (κ2) is 6.76. The Morgan fingerprint density at radius 3 is 2.92 bits per heavy atom. The van der Waals surface area contributed by atoms with Gasteiger partial charge in [0, 0.05) is 32.4 Å². The minimum atomic E-state index is 0.190. The first-order chi connectivity index (χ1) is 12.3. The van der Waals surface area contributed by atoms with Crippen LogP contribution in [0.4, 0.5) is 5.82 Å². The van der Waals surface area contributed by atoms with E-state index >= 15 is 0 Å². The molecule has 0 amide bonds. The van der Waals surface area contributed by atoms with Crippen molar-refractivity contribution < 1.29 is 0 Å². The Balaban J connectivity index is 1.48. The highest BCUT2D eigenvalue weighted by Crippen LogP contribution is 2.36. The fraction of sp³-hybridized carbons (Fsp3) is 0.588. The zero-order valence-corrected chi connectivity index (χ0v) is 14.4.